The number of hydrogen-bond acceptors (Lipinski definition) is 3. The van der Waals surface area contributed by atoms with Gasteiger partial charge in [0.05, 0.1) is 16.6 Å². The zero-order valence-electron chi connectivity index (χ0n) is 16.3. The van der Waals surface area contributed by atoms with Crippen LogP contribution in [0.1, 0.15) is 76.8 Å². The van der Waals surface area contributed by atoms with Crippen LogP contribution in [0.3, 0.4) is 0 Å². The van der Waals surface area contributed by atoms with E-state index in [1.807, 2.05) is 18.2 Å². The summed E-state index contributed by atoms with van der Waals surface area (Å²) in [6.45, 7) is 3.60. The fraction of sp³-hybridized carbons (Fsp3) is 0.636. The standard InChI is InChI=1S/C22H29N3O2/c1-21(2,27)15-7-8-17-18(11-15)25(16-5-3-6-16)20(23-17)24-19(26)14-12-22(13-14)9-4-10-22/h7-8,11,14,16,27H,3-6,9-10,12-13H2,1-2H3,(H,23,24,26). The van der Waals surface area contributed by atoms with Crippen molar-refractivity contribution in [3.8, 4) is 0 Å². The first-order chi connectivity index (χ1) is 12.8. The number of nitrogens with zero attached hydrogens (tertiary/aromatic N) is 2. The molecule has 0 aliphatic heterocycles. The van der Waals surface area contributed by atoms with Crippen LogP contribution in [0.15, 0.2) is 18.2 Å². The highest BCUT2D eigenvalue weighted by atomic mass is 16.3. The molecule has 0 atom stereocenters. The van der Waals surface area contributed by atoms with Gasteiger partial charge in [-0.3, -0.25) is 10.1 Å². The molecule has 1 spiro atoms. The van der Waals surface area contributed by atoms with E-state index in [0.29, 0.717) is 17.4 Å². The molecule has 1 aromatic carbocycles. The van der Waals surface area contributed by atoms with Crippen LogP contribution < -0.4 is 5.32 Å². The van der Waals surface area contributed by atoms with E-state index < -0.39 is 5.60 Å². The first-order valence-corrected chi connectivity index (χ1v) is 10.4. The lowest BCUT2D eigenvalue weighted by molar-refractivity contribution is -0.131. The molecular weight excluding hydrogens is 338 g/mol. The van der Waals surface area contributed by atoms with Crippen molar-refractivity contribution < 1.29 is 9.90 Å². The summed E-state index contributed by atoms with van der Waals surface area (Å²) >= 11 is 0. The van der Waals surface area contributed by atoms with E-state index in [-0.39, 0.29) is 11.8 Å². The first-order valence-electron chi connectivity index (χ1n) is 10.4. The Hall–Kier alpha value is -1.88. The molecule has 1 amide bonds. The zero-order chi connectivity index (χ0) is 18.8. The zero-order valence-corrected chi connectivity index (χ0v) is 16.3. The van der Waals surface area contributed by atoms with Gasteiger partial charge in [-0.25, -0.2) is 4.98 Å². The van der Waals surface area contributed by atoms with Crippen LogP contribution in [0.25, 0.3) is 11.0 Å². The van der Waals surface area contributed by atoms with Crippen LogP contribution in [0.4, 0.5) is 5.95 Å². The van der Waals surface area contributed by atoms with Crippen LogP contribution >= 0.6 is 0 Å². The molecule has 0 radical (unpaired) electrons. The Morgan fingerprint density at radius 2 is 2.00 bits per heavy atom. The second-order valence-corrected chi connectivity index (χ2v) is 9.60. The Kier molecular flexibility index (Phi) is 3.71. The maximum Gasteiger partial charge on any atom is 0.229 e. The summed E-state index contributed by atoms with van der Waals surface area (Å²) in [5.41, 5.74) is 2.37. The molecule has 5 heteroatoms. The number of aliphatic hydroxyl groups is 1. The number of hydrogen-bond donors (Lipinski definition) is 2. The minimum atomic E-state index is -0.894. The predicted octanol–water partition coefficient (Wildman–Crippen LogP) is 4.51. The molecule has 0 unspecified atom stereocenters. The average Bonchev–Trinajstić information content (AvgIpc) is 2.79. The summed E-state index contributed by atoms with van der Waals surface area (Å²) in [6, 6.07) is 6.31. The van der Waals surface area contributed by atoms with Crippen molar-refractivity contribution in [1.29, 1.82) is 0 Å². The van der Waals surface area contributed by atoms with Crippen molar-refractivity contribution in [1.82, 2.24) is 9.55 Å². The second-order valence-electron chi connectivity index (χ2n) is 9.60. The lowest BCUT2D eigenvalue weighted by atomic mass is 9.51. The Labute approximate surface area is 160 Å². The summed E-state index contributed by atoms with van der Waals surface area (Å²) in [7, 11) is 0. The van der Waals surface area contributed by atoms with Gasteiger partial charge in [0.2, 0.25) is 11.9 Å². The third kappa shape index (κ3) is 2.78. The Morgan fingerprint density at radius 3 is 2.56 bits per heavy atom. The van der Waals surface area contributed by atoms with Crippen LogP contribution in [0.5, 0.6) is 0 Å². The van der Waals surface area contributed by atoms with Gasteiger partial charge in [0.15, 0.2) is 0 Å². The van der Waals surface area contributed by atoms with Crippen molar-refractivity contribution in [2.45, 2.75) is 76.9 Å². The van der Waals surface area contributed by atoms with Gasteiger partial charge >= 0.3 is 0 Å². The molecule has 5 rings (SSSR count). The summed E-state index contributed by atoms with van der Waals surface area (Å²) in [4.78, 5) is 17.5. The fourth-order valence-electron chi connectivity index (χ4n) is 5.04. The van der Waals surface area contributed by atoms with Crippen LogP contribution in [0.2, 0.25) is 0 Å². The number of carbonyl (C=O) groups is 1. The number of fused-ring (bicyclic) bond motifs is 1. The SMILES string of the molecule is CC(C)(O)c1ccc2nc(NC(=O)C3CC4(CCC4)C3)n(C3CCC3)c2c1. The molecule has 3 saturated carbocycles. The molecule has 1 heterocycles. The number of nitrogens with one attached hydrogen (secondary N) is 1. The quantitative estimate of drug-likeness (QED) is 0.836. The predicted molar refractivity (Wildman–Crippen MR) is 106 cm³/mol. The summed E-state index contributed by atoms with van der Waals surface area (Å²) < 4.78 is 2.20. The topological polar surface area (TPSA) is 67.2 Å². The molecule has 5 nitrogen and oxygen atoms in total. The Bertz CT molecular complexity index is 892. The molecule has 0 bridgehead atoms. The maximum atomic E-state index is 12.8. The summed E-state index contributed by atoms with van der Waals surface area (Å²) in [5, 5.41) is 13.5. The first kappa shape index (κ1) is 17.2. The molecule has 1 aromatic heterocycles. The Balaban J connectivity index is 1.45. The van der Waals surface area contributed by atoms with Gasteiger partial charge in [-0.1, -0.05) is 12.5 Å². The molecule has 2 aromatic rings. The lowest BCUT2D eigenvalue weighted by Gasteiger charge is -2.53. The van der Waals surface area contributed by atoms with Gasteiger partial charge in [0, 0.05) is 12.0 Å². The van der Waals surface area contributed by atoms with Crippen LogP contribution in [-0.2, 0) is 10.4 Å². The van der Waals surface area contributed by atoms with E-state index in [1.54, 1.807) is 13.8 Å². The highest BCUT2D eigenvalue weighted by Gasteiger charge is 2.50. The molecule has 27 heavy (non-hydrogen) atoms. The second kappa shape index (κ2) is 5.81. The van der Waals surface area contributed by atoms with E-state index in [2.05, 4.69) is 9.88 Å². The molecule has 2 N–H and O–H groups in total. The fourth-order valence-corrected chi connectivity index (χ4v) is 5.04. The number of carbonyl (C=O) groups excluding carboxylic acids is 1. The Morgan fingerprint density at radius 1 is 1.26 bits per heavy atom. The maximum absolute atomic E-state index is 12.8. The van der Waals surface area contributed by atoms with Gasteiger partial charge in [0.1, 0.15) is 0 Å². The lowest BCUT2D eigenvalue weighted by Crippen LogP contribution is -2.47. The van der Waals surface area contributed by atoms with E-state index in [9.17, 15) is 9.90 Å². The van der Waals surface area contributed by atoms with Gasteiger partial charge in [-0.15, -0.1) is 0 Å². The van der Waals surface area contributed by atoms with E-state index >= 15 is 0 Å². The third-order valence-electron chi connectivity index (χ3n) is 7.21. The van der Waals surface area contributed by atoms with Crippen molar-refractivity contribution in [2.75, 3.05) is 5.32 Å². The molecular formula is C22H29N3O2. The number of rotatable bonds is 4. The normalized spacial score (nSPS) is 22.3. The number of amides is 1. The molecule has 0 saturated heterocycles. The number of imidazole rings is 1. The van der Waals surface area contributed by atoms with Crippen molar-refractivity contribution in [3.63, 3.8) is 0 Å². The number of benzene rings is 1. The van der Waals surface area contributed by atoms with Gasteiger partial charge in [-0.2, -0.15) is 0 Å². The highest BCUT2D eigenvalue weighted by Crippen LogP contribution is 2.58. The largest absolute Gasteiger partial charge is 0.386 e. The molecule has 3 aliphatic carbocycles. The van der Waals surface area contributed by atoms with Crippen LogP contribution in [-0.4, -0.2) is 20.6 Å². The molecule has 3 aliphatic rings. The van der Waals surface area contributed by atoms with Crippen LogP contribution in [0, 0.1) is 11.3 Å². The third-order valence-corrected chi connectivity index (χ3v) is 7.21. The van der Waals surface area contributed by atoms with Crippen molar-refractivity contribution in [3.05, 3.63) is 23.8 Å². The molecule has 3 fully saturated rings. The van der Waals surface area contributed by atoms with Gasteiger partial charge in [-0.05, 0) is 81.9 Å². The van der Waals surface area contributed by atoms with E-state index in [0.717, 1.165) is 42.3 Å². The molecule has 144 valence electrons. The highest BCUT2D eigenvalue weighted by molar-refractivity contribution is 5.94. The van der Waals surface area contributed by atoms with Crippen molar-refractivity contribution >= 4 is 22.9 Å². The van der Waals surface area contributed by atoms with Gasteiger partial charge in [0.25, 0.3) is 0 Å². The number of anilines is 1. The summed E-state index contributed by atoms with van der Waals surface area (Å²) in [5.74, 6) is 0.958. The van der Waals surface area contributed by atoms with Gasteiger partial charge < -0.3 is 9.67 Å². The monoisotopic (exact) mass is 367 g/mol. The average molecular weight is 367 g/mol. The summed E-state index contributed by atoms with van der Waals surface area (Å²) in [6.07, 6.45) is 9.48. The van der Waals surface area contributed by atoms with E-state index in [1.165, 1.54) is 25.7 Å². The smallest absolute Gasteiger partial charge is 0.229 e. The minimum absolute atomic E-state index is 0.131. The number of aromatic nitrogens is 2. The van der Waals surface area contributed by atoms with Crippen molar-refractivity contribution in [2.24, 2.45) is 11.3 Å². The minimum Gasteiger partial charge on any atom is -0.386 e. The van der Waals surface area contributed by atoms with E-state index in [4.69, 9.17) is 4.98 Å².